The minimum absolute atomic E-state index is 0.165. The third-order valence-corrected chi connectivity index (χ3v) is 3.67. The van der Waals surface area contributed by atoms with Gasteiger partial charge in [-0.05, 0) is 38.1 Å². The molecule has 0 aromatic heterocycles. The molecule has 1 fully saturated rings. The van der Waals surface area contributed by atoms with Crippen LogP contribution in [0.5, 0.6) is 5.75 Å². The van der Waals surface area contributed by atoms with Crippen LogP contribution in [0.2, 0.25) is 0 Å². The molecule has 2 unspecified atom stereocenters. The van der Waals surface area contributed by atoms with Crippen LogP contribution in [0, 0.1) is 0 Å². The highest BCUT2D eigenvalue weighted by atomic mass is 16.5. The van der Waals surface area contributed by atoms with Gasteiger partial charge in [0.05, 0.1) is 12.2 Å². The van der Waals surface area contributed by atoms with Gasteiger partial charge in [0.25, 0.3) is 0 Å². The Bertz CT molecular complexity index is 448. The Morgan fingerprint density at radius 3 is 2.43 bits per heavy atom. The Kier molecular flexibility index (Phi) is 5.76. The number of carbonyl (C=O) groups is 1. The molecule has 2 atom stereocenters. The van der Waals surface area contributed by atoms with Crippen LogP contribution < -0.4 is 4.74 Å². The summed E-state index contributed by atoms with van der Waals surface area (Å²) in [6.45, 7) is 9.54. The van der Waals surface area contributed by atoms with Gasteiger partial charge in [-0.2, -0.15) is 0 Å². The van der Waals surface area contributed by atoms with Crippen LogP contribution in [0.15, 0.2) is 24.3 Å². The lowest BCUT2D eigenvalue weighted by molar-refractivity contribution is -0.0699. The van der Waals surface area contributed by atoms with Crippen molar-refractivity contribution in [3.8, 4) is 5.75 Å². The summed E-state index contributed by atoms with van der Waals surface area (Å²) in [4.78, 5) is 13.9. The maximum Gasteiger partial charge on any atom is 0.162 e. The van der Waals surface area contributed by atoms with E-state index in [0.717, 1.165) is 30.9 Å². The monoisotopic (exact) mass is 291 g/mol. The number of ether oxygens (including phenoxy) is 2. The third kappa shape index (κ3) is 4.83. The van der Waals surface area contributed by atoms with Crippen molar-refractivity contribution >= 4 is 5.78 Å². The zero-order valence-electron chi connectivity index (χ0n) is 13.2. The Balaban J connectivity index is 1.77. The molecule has 1 aliphatic rings. The van der Waals surface area contributed by atoms with E-state index in [9.17, 15) is 4.79 Å². The van der Waals surface area contributed by atoms with Crippen LogP contribution in [0.3, 0.4) is 0 Å². The molecule has 2 rings (SSSR count). The lowest BCUT2D eigenvalue weighted by atomic mass is 10.1. The van der Waals surface area contributed by atoms with Gasteiger partial charge >= 0.3 is 0 Å². The van der Waals surface area contributed by atoms with E-state index in [0.29, 0.717) is 13.0 Å². The molecule has 1 heterocycles. The second kappa shape index (κ2) is 7.57. The number of ketones is 1. The normalized spacial score (nSPS) is 23.0. The van der Waals surface area contributed by atoms with Gasteiger partial charge in [0.1, 0.15) is 12.4 Å². The molecule has 0 spiro atoms. The molecule has 0 amide bonds. The third-order valence-electron chi connectivity index (χ3n) is 3.67. The maximum absolute atomic E-state index is 11.5. The molecule has 1 aliphatic heterocycles. The first kappa shape index (κ1) is 16.0. The van der Waals surface area contributed by atoms with Gasteiger partial charge in [-0.3, -0.25) is 9.69 Å². The summed E-state index contributed by atoms with van der Waals surface area (Å²) < 4.78 is 11.5. The molecule has 21 heavy (non-hydrogen) atoms. The molecule has 4 nitrogen and oxygen atoms in total. The van der Waals surface area contributed by atoms with Gasteiger partial charge in [-0.15, -0.1) is 0 Å². The van der Waals surface area contributed by atoms with E-state index < -0.39 is 0 Å². The molecule has 116 valence electrons. The van der Waals surface area contributed by atoms with Gasteiger partial charge in [-0.25, -0.2) is 0 Å². The summed E-state index contributed by atoms with van der Waals surface area (Å²) >= 11 is 0. The fourth-order valence-corrected chi connectivity index (χ4v) is 2.70. The van der Waals surface area contributed by atoms with Crippen LogP contribution in [0.4, 0.5) is 0 Å². The summed E-state index contributed by atoms with van der Waals surface area (Å²) in [5.74, 6) is 0.981. The SMILES string of the molecule is CCC(=O)c1ccc(OCCN2CC(C)OC(C)C2)cc1. The van der Waals surface area contributed by atoms with Gasteiger partial charge in [0.15, 0.2) is 5.78 Å². The fraction of sp³-hybridized carbons (Fsp3) is 0.588. The summed E-state index contributed by atoms with van der Waals surface area (Å²) in [5, 5.41) is 0. The Labute approximate surface area is 127 Å². The molecule has 0 radical (unpaired) electrons. The van der Waals surface area contributed by atoms with Gasteiger partial charge in [0, 0.05) is 31.6 Å². The molecule has 0 bridgehead atoms. The largest absolute Gasteiger partial charge is 0.492 e. The number of benzene rings is 1. The molecular weight excluding hydrogens is 266 g/mol. The predicted octanol–water partition coefficient (Wildman–Crippen LogP) is 2.77. The van der Waals surface area contributed by atoms with Crippen molar-refractivity contribution in [3.05, 3.63) is 29.8 Å². The van der Waals surface area contributed by atoms with E-state index in [1.807, 2.05) is 31.2 Å². The smallest absolute Gasteiger partial charge is 0.162 e. The van der Waals surface area contributed by atoms with Crippen LogP contribution in [0.25, 0.3) is 0 Å². The lowest BCUT2D eigenvalue weighted by Gasteiger charge is -2.35. The standard InChI is InChI=1S/C17H25NO3/c1-4-17(19)15-5-7-16(8-6-15)20-10-9-18-11-13(2)21-14(3)12-18/h5-8,13-14H,4,9-12H2,1-3H3. The van der Waals surface area contributed by atoms with Gasteiger partial charge in [-0.1, -0.05) is 6.92 Å². The summed E-state index contributed by atoms with van der Waals surface area (Å²) in [7, 11) is 0. The van der Waals surface area contributed by atoms with E-state index >= 15 is 0 Å². The molecule has 1 aromatic carbocycles. The number of nitrogens with zero attached hydrogens (tertiary/aromatic N) is 1. The van der Waals surface area contributed by atoms with Gasteiger partial charge in [0.2, 0.25) is 0 Å². The average Bonchev–Trinajstić information content (AvgIpc) is 2.46. The topological polar surface area (TPSA) is 38.8 Å². The lowest BCUT2D eigenvalue weighted by Crippen LogP contribution is -2.46. The summed E-state index contributed by atoms with van der Waals surface area (Å²) in [6.07, 6.45) is 1.11. The zero-order valence-corrected chi connectivity index (χ0v) is 13.2. The van der Waals surface area contributed by atoms with Crippen molar-refractivity contribution in [3.63, 3.8) is 0 Å². The van der Waals surface area contributed by atoms with Crippen molar-refractivity contribution in [1.82, 2.24) is 4.90 Å². The number of hydrogen-bond donors (Lipinski definition) is 0. The van der Waals surface area contributed by atoms with Crippen molar-refractivity contribution in [1.29, 1.82) is 0 Å². The molecule has 0 aliphatic carbocycles. The quantitative estimate of drug-likeness (QED) is 0.756. The molecular formula is C17H25NO3. The second-order valence-electron chi connectivity index (χ2n) is 5.67. The van der Waals surface area contributed by atoms with E-state index in [2.05, 4.69) is 18.7 Å². The van der Waals surface area contributed by atoms with Gasteiger partial charge < -0.3 is 9.47 Å². The van der Waals surface area contributed by atoms with Crippen LogP contribution in [-0.4, -0.2) is 49.1 Å². The first-order valence-electron chi connectivity index (χ1n) is 7.72. The minimum Gasteiger partial charge on any atom is -0.492 e. The van der Waals surface area contributed by atoms with Crippen LogP contribution in [-0.2, 0) is 4.74 Å². The Morgan fingerprint density at radius 2 is 1.86 bits per heavy atom. The first-order valence-corrected chi connectivity index (χ1v) is 7.72. The van der Waals surface area contributed by atoms with E-state index in [-0.39, 0.29) is 18.0 Å². The summed E-state index contributed by atoms with van der Waals surface area (Å²) in [6, 6.07) is 7.40. The number of carbonyl (C=O) groups excluding carboxylic acids is 1. The first-order chi connectivity index (χ1) is 10.1. The van der Waals surface area contributed by atoms with E-state index in [4.69, 9.17) is 9.47 Å². The highest BCUT2D eigenvalue weighted by molar-refractivity contribution is 5.95. The molecule has 1 saturated heterocycles. The van der Waals surface area contributed by atoms with Crippen LogP contribution in [0.1, 0.15) is 37.6 Å². The highest BCUT2D eigenvalue weighted by Crippen LogP contribution is 2.14. The van der Waals surface area contributed by atoms with E-state index in [1.165, 1.54) is 0 Å². The van der Waals surface area contributed by atoms with Crippen molar-refractivity contribution < 1.29 is 14.3 Å². The number of rotatable bonds is 6. The van der Waals surface area contributed by atoms with Crippen molar-refractivity contribution in [2.24, 2.45) is 0 Å². The van der Waals surface area contributed by atoms with Crippen LogP contribution >= 0.6 is 0 Å². The second-order valence-corrected chi connectivity index (χ2v) is 5.67. The Hall–Kier alpha value is -1.39. The maximum atomic E-state index is 11.5. The molecule has 0 N–H and O–H groups in total. The minimum atomic E-state index is 0.165. The fourth-order valence-electron chi connectivity index (χ4n) is 2.70. The van der Waals surface area contributed by atoms with Crippen molar-refractivity contribution in [2.75, 3.05) is 26.2 Å². The molecule has 1 aromatic rings. The highest BCUT2D eigenvalue weighted by Gasteiger charge is 2.21. The zero-order chi connectivity index (χ0) is 15.2. The average molecular weight is 291 g/mol. The van der Waals surface area contributed by atoms with E-state index in [1.54, 1.807) is 0 Å². The molecule has 0 saturated carbocycles. The summed E-state index contributed by atoms with van der Waals surface area (Å²) in [5.41, 5.74) is 0.751. The van der Waals surface area contributed by atoms with Crippen molar-refractivity contribution in [2.45, 2.75) is 39.4 Å². The predicted molar refractivity (Wildman–Crippen MR) is 83.0 cm³/mol. The number of Topliss-reactive ketones (excluding diaryl/α,β-unsaturated/α-hetero) is 1. The molecule has 4 heteroatoms. The Morgan fingerprint density at radius 1 is 1.24 bits per heavy atom. The number of hydrogen-bond acceptors (Lipinski definition) is 4. The number of morpholine rings is 1.